The molecule has 0 saturated carbocycles. The summed E-state index contributed by atoms with van der Waals surface area (Å²) in [6.45, 7) is 6.73. The lowest BCUT2D eigenvalue weighted by atomic mass is 10.1. The Morgan fingerprint density at radius 3 is 2.22 bits per heavy atom. The first kappa shape index (κ1) is 34.9. The van der Waals surface area contributed by atoms with E-state index >= 15 is 0 Å². The number of imidazole rings is 1. The summed E-state index contributed by atoms with van der Waals surface area (Å²) in [5.74, 6) is 0.569. The summed E-state index contributed by atoms with van der Waals surface area (Å²) >= 11 is 0. The fourth-order valence-electron chi connectivity index (χ4n) is 8.81. The minimum Gasteiger partial charge on any atom is -0.507 e. The zero-order chi connectivity index (χ0) is 37.8. The minimum absolute atomic E-state index is 0.156. The van der Waals surface area contributed by atoms with Crippen molar-refractivity contribution in [2.75, 3.05) is 54.8 Å². The number of phenols is 1. The van der Waals surface area contributed by atoms with E-state index < -0.39 is 11.9 Å². The monoisotopic (exact) mass is 744 g/mol. The van der Waals surface area contributed by atoms with Crippen LogP contribution >= 0.6 is 0 Å². The van der Waals surface area contributed by atoms with Crippen LogP contribution in [0, 0.1) is 0 Å². The molecule has 9 rings (SSSR count). The number of rotatable bonds is 8. The number of piperazine rings is 2. The number of amides is 2. The number of nitrogen functional groups attached to an aromatic ring is 1. The van der Waals surface area contributed by atoms with Crippen molar-refractivity contribution >= 4 is 40.3 Å². The van der Waals surface area contributed by atoms with Crippen LogP contribution in [0.3, 0.4) is 0 Å². The molecule has 3 atom stereocenters. The van der Waals surface area contributed by atoms with Gasteiger partial charge in [0.1, 0.15) is 11.8 Å². The van der Waals surface area contributed by atoms with Crippen LogP contribution in [0.1, 0.15) is 42.9 Å². The Hall–Kier alpha value is -5.87. The first-order chi connectivity index (χ1) is 26.7. The number of nitrogens with two attached hydrogens (primary N) is 1. The van der Waals surface area contributed by atoms with Crippen molar-refractivity contribution in [3.05, 3.63) is 82.5 Å². The maximum Gasteiger partial charge on any atom is 0.329 e. The molecule has 4 aliphatic rings. The van der Waals surface area contributed by atoms with Crippen molar-refractivity contribution in [1.29, 1.82) is 0 Å². The number of nitrogens with zero attached hydrogens (tertiary/aromatic N) is 10. The van der Waals surface area contributed by atoms with Gasteiger partial charge in [0, 0.05) is 101 Å². The highest BCUT2D eigenvalue weighted by molar-refractivity contribution is 6.00. The topological polar surface area (TPSA) is 184 Å². The number of anilines is 3. The number of phenolic OH excluding ortho intramolecular Hbond substituents is 1. The molecule has 16 nitrogen and oxygen atoms in total. The molecule has 4 fully saturated rings. The van der Waals surface area contributed by atoms with Crippen molar-refractivity contribution in [2.24, 2.45) is 7.05 Å². The van der Waals surface area contributed by atoms with Gasteiger partial charge in [-0.05, 0) is 55.2 Å². The zero-order valence-corrected chi connectivity index (χ0v) is 30.7. The van der Waals surface area contributed by atoms with E-state index in [1.165, 1.54) is 4.57 Å². The standard InChI is InChI=1S/C39H44N12O4/c1-46-32-16-24(6-9-30(32)51(39(46)55)31-10-11-35(53)43-37(31)54)20-47-12-14-48(15-13-47)21-25-18-41-38(42-19-25)50-26-7-8-27(50)23-49(22-26)33-17-29(44-45-36(33)40)28-4-2-3-5-34(28)52/h2-6,9,16-19,26-27,31,52H,7-8,10-15,20-23H2,1H3,(H2,40,45)(H,43,53,54). The Labute approximate surface area is 317 Å². The van der Waals surface area contributed by atoms with Crippen LogP contribution in [-0.2, 0) is 29.7 Å². The summed E-state index contributed by atoms with van der Waals surface area (Å²) in [6.07, 6.45) is 6.55. The second kappa shape index (κ2) is 14.1. The van der Waals surface area contributed by atoms with Crippen molar-refractivity contribution < 1.29 is 14.7 Å². The van der Waals surface area contributed by atoms with Crippen molar-refractivity contribution in [3.63, 3.8) is 0 Å². The summed E-state index contributed by atoms with van der Waals surface area (Å²) < 4.78 is 3.11. The summed E-state index contributed by atoms with van der Waals surface area (Å²) in [5.41, 5.74) is 11.8. The Balaban J connectivity index is 0.799. The van der Waals surface area contributed by atoms with Crippen molar-refractivity contribution in [1.82, 2.24) is 44.4 Å². The van der Waals surface area contributed by atoms with E-state index in [0.29, 0.717) is 29.0 Å². The van der Waals surface area contributed by atoms with Crippen LogP contribution in [0.25, 0.3) is 22.3 Å². The average Bonchev–Trinajstić information content (AvgIpc) is 3.59. The predicted octanol–water partition coefficient (Wildman–Crippen LogP) is 2.03. The van der Waals surface area contributed by atoms with Crippen LogP contribution in [0.2, 0.25) is 0 Å². The van der Waals surface area contributed by atoms with E-state index in [-0.39, 0.29) is 35.9 Å². The fourth-order valence-corrected chi connectivity index (χ4v) is 8.81. The van der Waals surface area contributed by atoms with Crippen LogP contribution < -0.4 is 26.5 Å². The Bertz CT molecular complexity index is 2320. The van der Waals surface area contributed by atoms with Gasteiger partial charge < -0.3 is 20.6 Å². The summed E-state index contributed by atoms with van der Waals surface area (Å²) in [4.78, 5) is 56.6. The van der Waals surface area contributed by atoms with Crippen LogP contribution in [0.15, 0.2) is 65.7 Å². The third-order valence-electron chi connectivity index (χ3n) is 11.7. The van der Waals surface area contributed by atoms with E-state index in [4.69, 9.17) is 15.7 Å². The first-order valence-corrected chi connectivity index (χ1v) is 18.9. The van der Waals surface area contributed by atoms with Crippen molar-refractivity contribution in [2.45, 2.75) is 56.9 Å². The number of aryl methyl sites for hydroxylation is 1. The molecule has 0 radical (unpaired) electrons. The fraction of sp³-hybridized carbons (Fsp3) is 0.410. The van der Waals surface area contributed by atoms with Gasteiger partial charge in [-0.3, -0.25) is 33.8 Å². The quantitative estimate of drug-likeness (QED) is 0.197. The maximum absolute atomic E-state index is 13.2. The van der Waals surface area contributed by atoms with E-state index in [9.17, 15) is 19.5 Å². The largest absolute Gasteiger partial charge is 0.507 e. The summed E-state index contributed by atoms with van der Waals surface area (Å²) in [6, 6.07) is 14.8. The third kappa shape index (κ3) is 6.54. The molecule has 4 aliphatic heterocycles. The van der Waals surface area contributed by atoms with Gasteiger partial charge in [0.25, 0.3) is 0 Å². The number of benzene rings is 2. The van der Waals surface area contributed by atoms with Gasteiger partial charge in [-0.1, -0.05) is 18.2 Å². The smallest absolute Gasteiger partial charge is 0.329 e. The summed E-state index contributed by atoms with van der Waals surface area (Å²) in [7, 11) is 1.73. The Morgan fingerprint density at radius 1 is 0.836 bits per heavy atom. The van der Waals surface area contributed by atoms with Gasteiger partial charge in [0.2, 0.25) is 17.8 Å². The normalized spacial score (nSPS) is 22.1. The SMILES string of the molecule is Cn1c(=O)n(C2CCC(=O)NC2=O)c2ccc(CN3CCN(Cc4cnc(N5C6CCC5CN(c5cc(-c7ccccc7O)nnc5N)C6)nc4)CC3)cc21. The zero-order valence-electron chi connectivity index (χ0n) is 30.7. The number of para-hydroxylation sites is 1. The van der Waals surface area contributed by atoms with Gasteiger partial charge in [0.15, 0.2) is 5.82 Å². The van der Waals surface area contributed by atoms with Gasteiger partial charge in [-0.2, -0.15) is 0 Å². The number of piperidine rings is 1. The Kier molecular flexibility index (Phi) is 8.93. The van der Waals surface area contributed by atoms with Gasteiger partial charge >= 0.3 is 5.69 Å². The molecule has 55 heavy (non-hydrogen) atoms. The van der Waals surface area contributed by atoms with E-state index in [0.717, 1.165) is 93.5 Å². The highest BCUT2D eigenvalue weighted by Gasteiger charge is 2.42. The number of fused-ring (bicyclic) bond motifs is 3. The van der Waals surface area contributed by atoms with Gasteiger partial charge in [-0.15, -0.1) is 10.2 Å². The van der Waals surface area contributed by atoms with Crippen LogP contribution in [-0.4, -0.2) is 107 Å². The molecular formula is C39H44N12O4. The van der Waals surface area contributed by atoms with E-state index in [1.54, 1.807) is 23.7 Å². The molecule has 0 spiro atoms. The van der Waals surface area contributed by atoms with Crippen LogP contribution in [0.5, 0.6) is 5.75 Å². The lowest BCUT2D eigenvalue weighted by molar-refractivity contribution is -0.135. The summed E-state index contributed by atoms with van der Waals surface area (Å²) in [5, 5.41) is 21.2. The number of imide groups is 1. The van der Waals surface area contributed by atoms with Crippen molar-refractivity contribution in [3.8, 4) is 17.0 Å². The molecule has 284 valence electrons. The number of nitrogens with one attached hydrogen (secondary N) is 1. The lowest BCUT2D eigenvalue weighted by Gasteiger charge is -2.42. The Morgan fingerprint density at radius 2 is 1.53 bits per heavy atom. The highest BCUT2D eigenvalue weighted by atomic mass is 16.3. The first-order valence-electron chi connectivity index (χ1n) is 18.9. The molecular weight excluding hydrogens is 701 g/mol. The van der Waals surface area contributed by atoms with Gasteiger partial charge in [-0.25, -0.2) is 14.8 Å². The number of carbonyl (C=O) groups is 2. The molecule has 16 heteroatoms. The average molecular weight is 745 g/mol. The number of aromatic hydroxyl groups is 1. The van der Waals surface area contributed by atoms with Crippen LogP contribution in [0.4, 0.5) is 17.5 Å². The number of aromatic nitrogens is 6. The minimum atomic E-state index is -0.690. The molecule has 3 unspecified atom stereocenters. The molecule has 3 aromatic heterocycles. The second-order valence-corrected chi connectivity index (χ2v) is 15.2. The molecule has 2 bridgehead atoms. The molecule has 4 N–H and O–H groups in total. The number of carbonyl (C=O) groups excluding carboxylic acids is 2. The number of hydrogen-bond acceptors (Lipinski definition) is 13. The molecule has 5 aromatic rings. The van der Waals surface area contributed by atoms with E-state index in [2.05, 4.69) is 35.1 Å². The lowest BCUT2D eigenvalue weighted by Crippen LogP contribution is -2.54. The molecule has 4 saturated heterocycles. The molecule has 2 amide bonds. The highest BCUT2D eigenvalue weighted by Crippen LogP contribution is 2.38. The van der Waals surface area contributed by atoms with Gasteiger partial charge in [0.05, 0.1) is 22.4 Å². The predicted molar refractivity (Wildman–Crippen MR) is 206 cm³/mol. The third-order valence-corrected chi connectivity index (χ3v) is 11.7. The van der Waals surface area contributed by atoms with E-state index in [1.807, 2.05) is 48.8 Å². The number of hydrogen-bond donors (Lipinski definition) is 3. The molecule has 2 aromatic carbocycles. The second-order valence-electron chi connectivity index (χ2n) is 15.2. The molecule has 0 aliphatic carbocycles. The molecule has 7 heterocycles. The maximum atomic E-state index is 13.2.